The van der Waals surface area contributed by atoms with Crippen molar-refractivity contribution in [2.75, 3.05) is 44.7 Å². The van der Waals surface area contributed by atoms with E-state index in [1.165, 1.54) is 64.9 Å². The Morgan fingerprint density at radius 1 is 0.968 bits per heavy atom. The van der Waals surface area contributed by atoms with Crippen LogP contribution in [0, 0.1) is 0 Å². The lowest BCUT2D eigenvalue weighted by Crippen LogP contribution is -2.46. The molecule has 0 N–H and O–H groups in total. The van der Waals surface area contributed by atoms with E-state index >= 15 is 0 Å². The molecule has 31 heavy (non-hydrogen) atoms. The van der Waals surface area contributed by atoms with E-state index in [1.807, 2.05) is 11.3 Å². The van der Waals surface area contributed by atoms with Crippen LogP contribution < -0.4 is 9.64 Å². The van der Waals surface area contributed by atoms with E-state index in [9.17, 15) is 0 Å². The summed E-state index contributed by atoms with van der Waals surface area (Å²) in [5.41, 5.74) is 5.26. The van der Waals surface area contributed by atoms with Crippen LogP contribution in [0.3, 0.4) is 0 Å². The van der Waals surface area contributed by atoms with Crippen LogP contribution >= 0.6 is 11.3 Å². The van der Waals surface area contributed by atoms with Gasteiger partial charge in [0.1, 0.15) is 5.75 Å². The first-order chi connectivity index (χ1) is 15.3. The Hall–Kier alpha value is -2.37. The maximum atomic E-state index is 5.39. The molecule has 3 aromatic rings. The highest BCUT2D eigenvalue weighted by Gasteiger charge is 2.21. The largest absolute Gasteiger partial charge is 0.497 e. The monoisotopic (exact) mass is 433 g/mol. The maximum absolute atomic E-state index is 5.39. The molecule has 0 unspecified atom stereocenters. The van der Waals surface area contributed by atoms with Crippen LogP contribution in [-0.4, -0.2) is 49.7 Å². The Morgan fingerprint density at radius 3 is 2.61 bits per heavy atom. The van der Waals surface area contributed by atoms with Gasteiger partial charge in [0.25, 0.3) is 0 Å². The fourth-order valence-electron chi connectivity index (χ4n) is 4.75. The fraction of sp³-hybridized carbons (Fsp3) is 0.423. The summed E-state index contributed by atoms with van der Waals surface area (Å²) in [6.45, 7) is 5.80. The molecule has 5 heteroatoms. The van der Waals surface area contributed by atoms with E-state index in [2.05, 4.69) is 58.3 Å². The van der Waals surface area contributed by atoms with Gasteiger partial charge in [-0.2, -0.15) is 0 Å². The number of methoxy groups -OCH3 is 1. The van der Waals surface area contributed by atoms with E-state index in [0.717, 1.165) is 38.1 Å². The van der Waals surface area contributed by atoms with Crippen molar-refractivity contribution < 1.29 is 4.74 Å². The molecule has 0 radical (unpaired) electrons. The van der Waals surface area contributed by atoms with Gasteiger partial charge in [-0.3, -0.25) is 4.90 Å². The molecular weight excluding hydrogens is 402 g/mol. The zero-order chi connectivity index (χ0) is 21.0. The van der Waals surface area contributed by atoms with Gasteiger partial charge >= 0.3 is 0 Å². The quantitative estimate of drug-likeness (QED) is 0.487. The van der Waals surface area contributed by atoms with Gasteiger partial charge in [0.05, 0.1) is 17.8 Å². The molecule has 0 atom stereocenters. The summed E-state index contributed by atoms with van der Waals surface area (Å²) in [5.74, 6) is 0.947. The van der Waals surface area contributed by atoms with Crippen molar-refractivity contribution in [1.29, 1.82) is 0 Å². The van der Waals surface area contributed by atoms with Crippen LogP contribution in [0.4, 0.5) is 5.69 Å². The predicted molar refractivity (Wildman–Crippen MR) is 130 cm³/mol. The van der Waals surface area contributed by atoms with Crippen LogP contribution in [0.25, 0.3) is 11.3 Å². The number of aromatic nitrogens is 1. The Bertz CT molecular complexity index is 1010. The summed E-state index contributed by atoms with van der Waals surface area (Å²) in [7, 11) is 1.74. The number of unbranched alkanes of at least 4 members (excludes halogenated alkanes) is 1. The Labute approximate surface area is 189 Å². The van der Waals surface area contributed by atoms with Gasteiger partial charge < -0.3 is 9.64 Å². The van der Waals surface area contributed by atoms with E-state index < -0.39 is 0 Å². The summed E-state index contributed by atoms with van der Waals surface area (Å²) in [6.07, 6.45) is 5.78. The molecule has 2 heterocycles. The summed E-state index contributed by atoms with van der Waals surface area (Å²) in [4.78, 5) is 11.6. The van der Waals surface area contributed by atoms with Crippen LogP contribution in [0.15, 0.2) is 48.5 Å². The molecular formula is C26H31N3OS. The van der Waals surface area contributed by atoms with Crippen molar-refractivity contribution in [3.63, 3.8) is 0 Å². The van der Waals surface area contributed by atoms with Gasteiger partial charge in [0.2, 0.25) is 0 Å². The number of anilines is 1. The number of fused-ring (bicyclic) bond motifs is 3. The first kappa shape index (κ1) is 20.5. The second-order valence-corrected chi connectivity index (χ2v) is 9.69. The van der Waals surface area contributed by atoms with Gasteiger partial charge in [-0.1, -0.05) is 18.2 Å². The topological polar surface area (TPSA) is 28.6 Å². The van der Waals surface area contributed by atoms with E-state index in [4.69, 9.17) is 9.72 Å². The molecule has 0 spiro atoms. The molecule has 4 nitrogen and oxygen atoms in total. The Balaban J connectivity index is 1.10. The Kier molecular flexibility index (Phi) is 6.23. The number of hydrogen-bond acceptors (Lipinski definition) is 5. The molecule has 0 bridgehead atoms. The zero-order valence-corrected chi connectivity index (χ0v) is 19.2. The number of aryl methyl sites for hydroxylation is 3. The van der Waals surface area contributed by atoms with Crippen LogP contribution in [0.2, 0.25) is 0 Å². The maximum Gasteiger partial charge on any atom is 0.119 e. The number of nitrogens with zero attached hydrogens (tertiary/aromatic N) is 3. The molecule has 1 saturated heterocycles. The second kappa shape index (κ2) is 9.41. The number of piperazine rings is 1. The average Bonchev–Trinajstić information content (AvgIpc) is 3.26. The van der Waals surface area contributed by atoms with E-state index in [0.29, 0.717) is 0 Å². The first-order valence-corrected chi connectivity index (χ1v) is 12.3. The van der Waals surface area contributed by atoms with Gasteiger partial charge in [0, 0.05) is 42.3 Å². The summed E-state index contributed by atoms with van der Waals surface area (Å²) in [6, 6.07) is 17.2. The molecule has 1 fully saturated rings. The number of benzene rings is 2. The lowest BCUT2D eigenvalue weighted by Gasteiger charge is -2.36. The molecule has 5 rings (SSSR count). The van der Waals surface area contributed by atoms with Crippen LogP contribution in [0.5, 0.6) is 5.75 Å². The third-order valence-corrected chi connectivity index (χ3v) is 7.71. The number of para-hydroxylation sites is 1. The Morgan fingerprint density at radius 2 is 1.81 bits per heavy atom. The smallest absolute Gasteiger partial charge is 0.119 e. The molecule has 1 aliphatic carbocycles. The molecule has 2 aromatic carbocycles. The van der Waals surface area contributed by atoms with Crippen molar-refractivity contribution in [3.05, 3.63) is 64.0 Å². The third-order valence-electron chi connectivity index (χ3n) is 6.54. The summed E-state index contributed by atoms with van der Waals surface area (Å²) in [5, 5.41) is 1.31. The minimum atomic E-state index is 0.947. The molecule has 0 amide bonds. The molecule has 0 saturated carbocycles. The highest BCUT2D eigenvalue weighted by Crippen LogP contribution is 2.38. The summed E-state index contributed by atoms with van der Waals surface area (Å²) >= 11 is 1.93. The molecule has 1 aromatic heterocycles. The van der Waals surface area contributed by atoms with Crippen molar-refractivity contribution in [1.82, 2.24) is 9.88 Å². The highest BCUT2D eigenvalue weighted by atomic mass is 32.1. The van der Waals surface area contributed by atoms with Gasteiger partial charge in [-0.15, -0.1) is 11.3 Å². The second-order valence-electron chi connectivity index (χ2n) is 8.52. The highest BCUT2D eigenvalue weighted by molar-refractivity contribution is 7.12. The van der Waals surface area contributed by atoms with Gasteiger partial charge in [-0.05, 0) is 74.5 Å². The van der Waals surface area contributed by atoms with E-state index in [-0.39, 0.29) is 0 Å². The SMILES string of the molecule is COc1ccc2c(c1)CCc1sc(CCCCN3CCN(c4ccccc4)CC3)nc1-2. The summed E-state index contributed by atoms with van der Waals surface area (Å²) < 4.78 is 5.39. The fourth-order valence-corrected chi connectivity index (χ4v) is 5.87. The van der Waals surface area contributed by atoms with Crippen molar-refractivity contribution in [2.24, 2.45) is 0 Å². The third kappa shape index (κ3) is 4.63. The van der Waals surface area contributed by atoms with Crippen molar-refractivity contribution >= 4 is 17.0 Å². The van der Waals surface area contributed by atoms with Crippen molar-refractivity contribution in [2.45, 2.75) is 32.1 Å². The lowest BCUT2D eigenvalue weighted by molar-refractivity contribution is 0.253. The number of hydrogen-bond donors (Lipinski definition) is 0. The number of thiazole rings is 1. The minimum absolute atomic E-state index is 0.947. The molecule has 2 aliphatic rings. The minimum Gasteiger partial charge on any atom is -0.497 e. The molecule has 1 aliphatic heterocycles. The predicted octanol–water partition coefficient (Wildman–Crippen LogP) is 5.06. The van der Waals surface area contributed by atoms with E-state index in [1.54, 1.807) is 7.11 Å². The van der Waals surface area contributed by atoms with Crippen LogP contribution in [0.1, 0.15) is 28.3 Å². The number of rotatable bonds is 7. The number of ether oxygens (including phenoxy) is 1. The lowest BCUT2D eigenvalue weighted by atomic mass is 9.93. The van der Waals surface area contributed by atoms with Crippen LogP contribution in [-0.2, 0) is 19.3 Å². The first-order valence-electron chi connectivity index (χ1n) is 11.5. The zero-order valence-electron chi connectivity index (χ0n) is 18.3. The average molecular weight is 434 g/mol. The van der Waals surface area contributed by atoms with Gasteiger partial charge in [-0.25, -0.2) is 4.98 Å². The standard InChI is InChI=1S/C26H31N3OS/c1-30-22-11-12-23-20(19-22)10-13-24-26(23)27-25(31-24)9-5-6-14-28-15-17-29(18-16-28)21-7-3-2-4-8-21/h2-4,7-8,11-12,19H,5-6,9-10,13-18H2,1H3. The molecule has 162 valence electrons. The normalized spacial score (nSPS) is 16.1. The van der Waals surface area contributed by atoms with Crippen molar-refractivity contribution in [3.8, 4) is 17.0 Å². The van der Waals surface area contributed by atoms with Gasteiger partial charge in [0.15, 0.2) is 0 Å².